The van der Waals surface area contributed by atoms with Gasteiger partial charge in [-0.2, -0.15) is 0 Å². The highest BCUT2D eigenvalue weighted by atomic mass is 16.5. The zero-order chi connectivity index (χ0) is 16.2. The molecule has 0 unspecified atom stereocenters. The van der Waals surface area contributed by atoms with E-state index in [-0.39, 0.29) is 0 Å². The molecule has 2 aromatic heterocycles. The standard InChI is InChI=1S/C17H18N4O2/c1-12-19-20-16(10-13-6-5-9-18-11-13)21(12)17-14(22-2)7-4-8-15(17)23-3/h4-9,11H,10H2,1-3H3. The van der Waals surface area contributed by atoms with Crippen LogP contribution in [0.5, 0.6) is 11.5 Å². The van der Waals surface area contributed by atoms with Gasteiger partial charge in [0.15, 0.2) is 0 Å². The molecule has 1 aromatic carbocycles. The molecule has 3 aromatic rings. The molecule has 0 spiro atoms. The van der Waals surface area contributed by atoms with Crippen molar-refractivity contribution in [1.29, 1.82) is 0 Å². The number of benzene rings is 1. The first kappa shape index (κ1) is 15.0. The van der Waals surface area contributed by atoms with Crippen LogP contribution in [0.4, 0.5) is 0 Å². The molecule has 0 atom stereocenters. The van der Waals surface area contributed by atoms with Crippen molar-refractivity contribution < 1.29 is 9.47 Å². The van der Waals surface area contributed by atoms with E-state index < -0.39 is 0 Å². The molecule has 0 saturated carbocycles. The Hall–Kier alpha value is -2.89. The fourth-order valence-corrected chi connectivity index (χ4v) is 2.55. The van der Waals surface area contributed by atoms with Gasteiger partial charge in [-0.15, -0.1) is 10.2 Å². The number of nitrogens with zero attached hydrogens (tertiary/aromatic N) is 4. The molecule has 0 amide bonds. The first-order chi connectivity index (χ1) is 11.2. The van der Waals surface area contributed by atoms with Crippen molar-refractivity contribution >= 4 is 0 Å². The summed E-state index contributed by atoms with van der Waals surface area (Å²) in [6, 6.07) is 9.60. The smallest absolute Gasteiger partial charge is 0.146 e. The second kappa shape index (κ2) is 6.48. The highest BCUT2D eigenvalue weighted by Crippen LogP contribution is 2.34. The lowest BCUT2D eigenvalue weighted by molar-refractivity contribution is 0.390. The predicted octanol–water partition coefficient (Wildman–Crippen LogP) is 2.58. The molecular formula is C17H18N4O2. The van der Waals surface area contributed by atoms with Gasteiger partial charge in [0.25, 0.3) is 0 Å². The number of aryl methyl sites for hydroxylation is 1. The molecule has 0 radical (unpaired) electrons. The minimum atomic E-state index is 0.621. The Morgan fingerprint density at radius 3 is 2.35 bits per heavy atom. The normalized spacial score (nSPS) is 10.6. The molecule has 23 heavy (non-hydrogen) atoms. The lowest BCUT2D eigenvalue weighted by Gasteiger charge is -2.16. The van der Waals surface area contributed by atoms with E-state index in [4.69, 9.17) is 9.47 Å². The van der Waals surface area contributed by atoms with Gasteiger partial charge in [-0.1, -0.05) is 12.1 Å². The van der Waals surface area contributed by atoms with E-state index in [2.05, 4.69) is 15.2 Å². The van der Waals surface area contributed by atoms with Gasteiger partial charge in [0, 0.05) is 18.8 Å². The third-order valence-corrected chi connectivity index (χ3v) is 3.60. The second-order valence-electron chi connectivity index (χ2n) is 5.05. The first-order valence-corrected chi connectivity index (χ1v) is 7.25. The summed E-state index contributed by atoms with van der Waals surface area (Å²) in [5.41, 5.74) is 1.87. The minimum absolute atomic E-state index is 0.621. The average Bonchev–Trinajstić information content (AvgIpc) is 2.95. The summed E-state index contributed by atoms with van der Waals surface area (Å²) >= 11 is 0. The molecule has 0 saturated heterocycles. The van der Waals surface area contributed by atoms with Crippen molar-refractivity contribution in [3.8, 4) is 17.2 Å². The number of pyridine rings is 1. The number of methoxy groups -OCH3 is 2. The number of para-hydroxylation sites is 1. The van der Waals surface area contributed by atoms with Crippen LogP contribution in [0.15, 0.2) is 42.7 Å². The Morgan fingerprint density at radius 2 is 1.74 bits per heavy atom. The lowest BCUT2D eigenvalue weighted by Crippen LogP contribution is -2.08. The van der Waals surface area contributed by atoms with Crippen molar-refractivity contribution in [3.63, 3.8) is 0 Å². The van der Waals surface area contributed by atoms with E-state index >= 15 is 0 Å². The Bertz CT molecular complexity index is 777. The van der Waals surface area contributed by atoms with Crippen molar-refractivity contribution in [1.82, 2.24) is 19.7 Å². The van der Waals surface area contributed by atoms with Gasteiger partial charge in [0.2, 0.25) is 0 Å². The largest absolute Gasteiger partial charge is 0.494 e. The van der Waals surface area contributed by atoms with Gasteiger partial charge in [0.05, 0.1) is 14.2 Å². The molecule has 0 aliphatic carbocycles. The van der Waals surface area contributed by atoms with E-state index in [1.165, 1.54) is 0 Å². The van der Waals surface area contributed by atoms with Crippen LogP contribution in [-0.4, -0.2) is 34.0 Å². The van der Waals surface area contributed by atoms with E-state index in [0.717, 1.165) is 22.9 Å². The van der Waals surface area contributed by atoms with Crippen LogP contribution in [0.3, 0.4) is 0 Å². The predicted molar refractivity (Wildman–Crippen MR) is 86.2 cm³/mol. The fraction of sp³-hybridized carbons (Fsp3) is 0.235. The number of aromatic nitrogens is 4. The summed E-state index contributed by atoms with van der Waals surface area (Å²) < 4.78 is 13.0. The summed E-state index contributed by atoms with van der Waals surface area (Å²) in [6.45, 7) is 1.91. The summed E-state index contributed by atoms with van der Waals surface area (Å²) in [4.78, 5) is 4.15. The molecule has 0 bridgehead atoms. The van der Waals surface area contributed by atoms with Crippen LogP contribution in [0, 0.1) is 6.92 Å². The summed E-state index contributed by atoms with van der Waals surface area (Å²) in [7, 11) is 3.28. The third-order valence-electron chi connectivity index (χ3n) is 3.60. The Kier molecular flexibility index (Phi) is 4.23. The van der Waals surface area contributed by atoms with Crippen LogP contribution in [-0.2, 0) is 6.42 Å². The lowest BCUT2D eigenvalue weighted by atomic mass is 10.2. The van der Waals surface area contributed by atoms with Crippen molar-refractivity contribution in [2.24, 2.45) is 0 Å². The quantitative estimate of drug-likeness (QED) is 0.725. The van der Waals surface area contributed by atoms with Crippen molar-refractivity contribution in [2.75, 3.05) is 14.2 Å². The zero-order valence-electron chi connectivity index (χ0n) is 13.4. The monoisotopic (exact) mass is 310 g/mol. The van der Waals surface area contributed by atoms with Gasteiger partial charge in [-0.3, -0.25) is 9.55 Å². The number of rotatable bonds is 5. The molecular weight excluding hydrogens is 292 g/mol. The molecule has 6 nitrogen and oxygen atoms in total. The number of ether oxygens (including phenoxy) is 2. The topological polar surface area (TPSA) is 62.1 Å². The average molecular weight is 310 g/mol. The van der Waals surface area contributed by atoms with E-state index in [1.807, 2.05) is 48.0 Å². The van der Waals surface area contributed by atoms with Gasteiger partial charge in [-0.25, -0.2) is 0 Å². The van der Waals surface area contributed by atoms with Gasteiger partial charge in [-0.05, 0) is 30.7 Å². The SMILES string of the molecule is COc1cccc(OC)c1-n1c(C)nnc1Cc1cccnc1. The maximum Gasteiger partial charge on any atom is 0.146 e. The van der Waals surface area contributed by atoms with Crippen LogP contribution < -0.4 is 9.47 Å². The minimum Gasteiger partial charge on any atom is -0.494 e. The molecule has 0 N–H and O–H groups in total. The van der Waals surface area contributed by atoms with Gasteiger partial charge < -0.3 is 9.47 Å². The molecule has 6 heteroatoms. The number of hydrogen-bond acceptors (Lipinski definition) is 5. The van der Waals surface area contributed by atoms with E-state index in [1.54, 1.807) is 20.4 Å². The molecule has 0 fully saturated rings. The van der Waals surface area contributed by atoms with Crippen molar-refractivity contribution in [2.45, 2.75) is 13.3 Å². The van der Waals surface area contributed by atoms with Gasteiger partial charge >= 0.3 is 0 Å². The van der Waals surface area contributed by atoms with Gasteiger partial charge in [0.1, 0.15) is 28.8 Å². The molecule has 0 aliphatic heterocycles. The van der Waals surface area contributed by atoms with E-state index in [0.29, 0.717) is 17.9 Å². The Labute approximate surface area is 134 Å². The van der Waals surface area contributed by atoms with Crippen LogP contribution in [0.25, 0.3) is 5.69 Å². The highest BCUT2D eigenvalue weighted by molar-refractivity contribution is 5.58. The molecule has 118 valence electrons. The maximum atomic E-state index is 5.50. The maximum absolute atomic E-state index is 5.50. The first-order valence-electron chi connectivity index (χ1n) is 7.25. The summed E-state index contributed by atoms with van der Waals surface area (Å²) in [5, 5.41) is 8.53. The Morgan fingerprint density at radius 1 is 1.00 bits per heavy atom. The van der Waals surface area contributed by atoms with E-state index in [9.17, 15) is 0 Å². The van der Waals surface area contributed by atoms with Crippen LogP contribution >= 0.6 is 0 Å². The Balaban J connectivity index is 2.13. The molecule has 0 aliphatic rings. The zero-order valence-corrected chi connectivity index (χ0v) is 13.4. The number of hydrogen-bond donors (Lipinski definition) is 0. The van der Waals surface area contributed by atoms with Crippen LogP contribution in [0.2, 0.25) is 0 Å². The highest BCUT2D eigenvalue weighted by Gasteiger charge is 2.19. The van der Waals surface area contributed by atoms with Crippen LogP contribution in [0.1, 0.15) is 17.2 Å². The van der Waals surface area contributed by atoms with Crippen molar-refractivity contribution in [3.05, 3.63) is 59.9 Å². The third kappa shape index (κ3) is 2.88. The summed E-state index contributed by atoms with van der Waals surface area (Å²) in [6.07, 6.45) is 4.20. The molecule has 3 rings (SSSR count). The molecule has 2 heterocycles. The fourth-order valence-electron chi connectivity index (χ4n) is 2.55. The summed E-state index contributed by atoms with van der Waals surface area (Å²) in [5.74, 6) is 2.99. The second-order valence-corrected chi connectivity index (χ2v) is 5.05.